The molecular weight excluding hydrogens is 849 g/mol. The molecule has 0 spiro atoms. The van der Waals surface area contributed by atoms with Crippen LogP contribution in [0, 0.1) is 0 Å². The Morgan fingerprint density at radius 2 is 0.591 bits per heavy atom. The van der Waals surface area contributed by atoms with E-state index in [0.717, 1.165) is 29.5 Å². The van der Waals surface area contributed by atoms with E-state index < -0.39 is 5.60 Å². The fourth-order valence-corrected chi connectivity index (χ4v) is 6.66. The van der Waals surface area contributed by atoms with Crippen LogP contribution in [0.5, 0.6) is 0 Å². The molecule has 0 N–H and O–H groups in total. The molecule has 0 radical (unpaired) electrons. The Morgan fingerprint density at radius 1 is 0.333 bits per heavy atom. The van der Waals surface area contributed by atoms with E-state index in [2.05, 4.69) is 43.3 Å². The van der Waals surface area contributed by atoms with Crippen LogP contribution in [0.15, 0.2) is 91.0 Å². The molecule has 0 unspecified atom stereocenters. The van der Waals surface area contributed by atoms with Gasteiger partial charge in [-0.2, -0.15) is 0 Å². The van der Waals surface area contributed by atoms with E-state index in [1.807, 2.05) is 54.6 Å². The van der Waals surface area contributed by atoms with Gasteiger partial charge in [-0.05, 0) is 23.1 Å². The van der Waals surface area contributed by atoms with Crippen LogP contribution in [0.2, 0.25) is 0 Å². The lowest BCUT2D eigenvalue weighted by Gasteiger charge is -2.36. The summed E-state index contributed by atoms with van der Waals surface area (Å²) < 4.78 is 73.2. The van der Waals surface area contributed by atoms with Crippen LogP contribution in [-0.4, -0.2) is 165 Å². The molecule has 0 aromatic heterocycles. The van der Waals surface area contributed by atoms with Crippen molar-refractivity contribution in [2.75, 3.05) is 159 Å². The van der Waals surface area contributed by atoms with Gasteiger partial charge in [0.1, 0.15) is 12.2 Å². The maximum Gasteiger partial charge on any atom is 0.305 e. The van der Waals surface area contributed by atoms with Crippen molar-refractivity contribution in [1.29, 1.82) is 0 Å². The summed E-state index contributed by atoms with van der Waals surface area (Å²) in [5.74, 6) is -0.146. The SMILES string of the molecule is CCCCCCCCC(=O)OCCOCCOCCOCCOCCOCCOCCOCCOCCOCCOCCOCCOC(c1ccccc1)(c1ccccc1)c1ccccc1. The van der Waals surface area contributed by atoms with E-state index in [9.17, 15) is 4.79 Å². The molecule has 3 aromatic rings. The molecule has 0 saturated heterocycles. The van der Waals surface area contributed by atoms with Gasteiger partial charge in [-0.1, -0.05) is 130 Å². The third-order valence-electron chi connectivity index (χ3n) is 10.0. The molecule has 0 saturated carbocycles. The Balaban J connectivity index is 0.980. The van der Waals surface area contributed by atoms with Gasteiger partial charge in [0.15, 0.2) is 0 Å². The van der Waals surface area contributed by atoms with Gasteiger partial charge in [-0.15, -0.1) is 0 Å². The summed E-state index contributed by atoms with van der Waals surface area (Å²) in [5, 5.41) is 0. The van der Waals surface area contributed by atoms with Gasteiger partial charge in [-0.3, -0.25) is 4.79 Å². The molecule has 66 heavy (non-hydrogen) atoms. The zero-order valence-electron chi connectivity index (χ0n) is 39.8. The normalized spacial score (nSPS) is 11.7. The van der Waals surface area contributed by atoms with E-state index in [0.29, 0.717) is 158 Å². The third kappa shape index (κ3) is 28.1. The van der Waals surface area contributed by atoms with Crippen LogP contribution in [0.1, 0.15) is 68.6 Å². The molecule has 0 heterocycles. The highest BCUT2D eigenvalue weighted by Crippen LogP contribution is 2.40. The first kappa shape index (κ1) is 57.0. The number of esters is 1. The van der Waals surface area contributed by atoms with E-state index in [1.165, 1.54) is 25.7 Å². The standard InChI is InChI=1S/C52H80O14/c1-2-3-4-5-6-16-23-51(53)65-46-44-63-42-40-61-38-36-59-34-32-57-30-28-55-26-24-54-25-27-56-29-31-58-33-35-60-37-39-62-41-43-64-45-47-66-52(48-17-10-7-11-18-48,49-19-12-8-13-20-49)50-21-14-9-15-22-50/h7-15,17-22H,2-6,16,23-47H2,1H3. The number of benzene rings is 3. The molecule has 0 amide bonds. The molecule has 0 aliphatic carbocycles. The summed E-state index contributed by atoms with van der Waals surface area (Å²) in [4.78, 5) is 11.7. The molecular formula is C52H80O14. The highest BCUT2D eigenvalue weighted by atomic mass is 16.6. The lowest BCUT2D eigenvalue weighted by molar-refractivity contribution is -0.145. The Bertz CT molecular complexity index is 1390. The predicted molar refractivity (Wildman–Crippen MR) is 253 cm³/mol. The Labute approximate surface area is 395 Å². The van der Waals surface area contributed by atoms with Gasteiger partial charge in [0, 0.05) is 6.42 Å². The molecule has 0 bridgehead atoms. The molecule has 0 fully saturated rings. The average Bonchev–Trinajstić information content (AvgIpc) is 3.35. The van der Waals surface area contributed by atoms with Crippen molar-refractivity contribution in [1.82, 2.24) is 0 Å². The maximum atomic E-state index is 11.7. The van der Waals surface area contributed by atoms with Crippen molar-refractivity contribution in [2.45, 2.75) is 57.5 Å². The van der Waals surface area contributed by atoms with Crippen LogP contribution >= 0.6 is 0 Å². The summed E-state index contributed by atoms with van der Waals surface area (Å²) in [6.45, 7) is 13.4. The number of rotatable bonds is 47. The molecule has 3 rings (SSSR count). The number of hydrogen-bond donors (Lipinski definition) is 0. The first-order chi connectivity index (χ1) is 32.8. The Morgan fingerprint density at radius 3 is 0.894 bits per heavy atom. The summed E-state index contributed by atoms with van der Waals surface area (Å²) in [5.41, 5.74) is 2.43. The first-order valence-corrected chi connectivity index (χ1v) is 24.1. The molecule has 14 heteroatoms. The zero-order chi connectivity index (χ0) is 46.5. The van der Waals surface area contributed by atoms with Gasteiger partial charge in [-0.25, -0.2) is 0 Å². The second-order valence-corrected chi connectivity index (χ2v) is 15.1. The highest BCUT2D eigenvalue weighted by molar-refractivity contribution is 5.69. The van der Waals surface area contributed by atoms with Crippen LogP contribution in [0.3, 0.4) is 0 Å². The van der Waals surface area contributed by atoms with Crippen molar-refractivity contribution in [3.63, 3.8) is 0 Å². The second-order valence-electron chi connectivity index (χ2n) is 15.1. The first-order valence-electron chi connectivity index (χ1n) is 24.1. The van der Waals surface area contributed by atoms with Crippen LogP contribution < -0.4 is 0 Å². The van der Waals surface area contributed by atoms with E-state index in [-0.39, 0.29) is 12.6 Å². The molecule has 372 valence electrons. The van der Waals surface area contributed by atoms with E-state index in [4.69, 9.17) is 61.6 Å². The fourth-order valence-electron chi connectivity index (χ4n) is 6.66. The smallest absolute Gasteiger partial charge is 0.305 e. The maximum absolute atomic E-state index is 11.7. The number of unbranched alkanes of at least 4 members (excludes halogenated alkanes) is 5. The summed E-state index contributed by atoms with van der Waals surface area (Å²) in [7, 11) is 0. The van der Waals surface area contributed by atoms with Gasteiger partial charge in [0.2, 0.25) is 0 Å². The topological polar surface area (TPSA) is 137 Å². The van der Waals surface area contributed by atoms with Crippen LogP contribution in [-0.2, 0) is 72.0 Å². The highest BCUT2D eigenvalue weighted by Gasteiger charge is 2.37. The fraction of sp³-hybridized carbons (Fsp3) is 0.635. The number of ether oxygens (including phenoxy) is 13. The largest absolute Gasteiger partial charge is 0.463 e. The minimum atomic E-state index is -0.758. The van der Waals surface area contributed by atoms with Crippen molar-refractivity contribution >= 4 is 5.97 Å². The quantitative estimate of drug-likeness (QED) is 0.0315. The lowest BCUT2D eigenvalue weighted by Crippen LogP contribution is -2.34. The predicted octanol–water partition coefficient (Wildman–Crippen LogP) is 7.47. The molecule has 0 atom stereocenters. The van der Waals surface area contributed by atoms with Gasteiger partial charge < -0.3 is 61.6 Å². The van der Waals surface area contributed by atoms with Crippen LogP contribution in [0.4, 0.5) is 0 Å². The van der Waals surface area contributed by atoms with Gasteiger partial charge in [0.05, 0.1) is 152 Å². The zero-order valence-corrected chi connectivity index (χ0v) is 39.8. The number of hydrogen-bond acceptors (Lipinski definition) is 14. The molecule has 3 aromatic carbocycles. The lowest BCUT2D eigenvalue weighted by atomic mass is 9.80. The Kier molecular flexibility index (Phi) is 36.1. The Hall–Kier alpha value is -3.35. The monoisotopic (exact) mass is 929 g/mol. The van der Waals surface area contributed by atoms with Crippen molar-refractivity contribution in [3.05, 3.63) is 108 Å². The number of carbonyl (C=O) groups is 1. The summed E-state index contributed by atoms with van der Waals surface area (Å²) in [6, 6.07) is 31.0. The number of carbonyl (C=O) groups excluding carboxylic acids is 1. The van der Waals surface area contributed by atoms with Crippen molar-refractivity contribution < 1.29 is 66.4 Å². The molecule has 0 aliphatic rings. The van der Waals surface area contributed by atoms with Gasteiger partial charge in [0.25, 0.3) is 0 Å². The van der Waals surface area contributed by atoms with Crippen molar-refractivity contribution in [2.24, 2.45) is 0 Å². The van der Waals surface area contributed by atoms with Gasteiger partial charge >= 0.3 is 5.97 Å². The second kappa shape index (κ2) is 41.8. The summed E-state index contributed by atoms with van der Waals surface area (Å²) in [6.07, 6.45) is 7.40. The molecule has 14 nitrogen and oxygen atoms in total. The minimum absolute atomic E-state index is 0.146. The average molecular weight is 929 g/mol. The van der Waals surface area contributed by atoms with E-state index >= 15 is 0 Å². The summed E-state index contributed by atoms with van der Waals surface area (Å²) >= 11 is 0. The van der Waals surface area contributed by atoms with E-state index in [1.54, 1.807) is 0 Å². The molecule has 0 aliphatic heterocycles. The third-order valence-corrected chi connectivity index (χ3v) is 10.0. The van der Waals surface area contributed by atoms with Crippen molar-refractivity contribution in [3.8, 4) is 0 Å². The van der Waals surface area contributed by atoms with Crippen LogP contribution in [0.25, 0.3) is 0 Å². The minimum Gasteiger partial charge on any atom is -0.463 e.